The van der Waals surface area contributed by atoms with Crippen molar-refractivity contribution in [2.45, 2.75) is 44.1 Å². The van der Waals surface area contributed by atoms with Gasteiger partial charge in [0.15, 0.2) is 0 Å². The minimum absolute atomic E-state index is 0.223. The quantitative estimate of drug-likeness (QED) is 0.329. The molecule has 1 amide bonds. The fraction of sp³-hybridized carbons (Fsp3) is 0.379. The molecule has 42 heavy (non-hydrogen) atoms. The summed E-state index contributed by atoms with van der Waals surface area (Å²) in [5.41, 5.74) is 3.85. The minimum atomic E-state index is -0.626. The van der Waals surface area contributed by atoms with E-state index in [0.717, 1.165) is 5.56 Å². The molecule has 0 saturated heterocycles. The Hall–Kier alpha value is -4.65. The zero-order chi connectivity index (χ0) is 29.3. The molecule has 218 valence electrons. The van der Waals surface area contributed by atoms with Crippen molar-refractivity contribution in [1.29, 1.82) is 0 Å². The second-order valence-electron chi connectivity index (χ2n) is 11.0. The molecule has 2 aliphatic heterocycles. The molecular formula is C29H30FN7O5. The number of benzene rings is 1. The number of pyridine rings is 1. The van der Waals surface area contributed by atoms with E-state index in [2.05, 4.69) is 20.4 Å². The van der Waals surface area contributed by atoms with E-state index in [4.69, 9.17) is 14.2 Å². The highest BCUT2D eigenvalue weighted by molar-refractivity contribution is 6.14. The summed E-state index contributed by atoms with van der Waals surface area (Å²) in [4.78, 5) is 34.2. The first-order valence-electron chi connectivity index (χ1n) is 13.8. The number of H-pyrrole nitrogens is 1. The first kappa shape index (κ1) is 26.3. The van der Waals surface area contributed by atoms with E-state index in [-0.39, 0.29) is 30.0 Å². The number of hydrogen-bond donors (Lipinski definition) is 2. The zero-order valence-electron chi connectivity index (χ0n) is 23.6. The maximum absolute atomic E-state index is 15.1. The van der Waals surface area contributed by atoms with Crippen molar-refractivity contribution in [3.05, 3.63) is 53.1 Å². The van der Waals surface area contributed by atoms with Crippen LogP contribution in [0.2, 0.25) is 0 Å². The molecule has 8 rings (SSSR count). The molecule has 0 unspecified atom stereocenters. The van der Waals surface area contributed by atoms with Gasteiger partial charge in [0.25, 0.3) is 0 Å². The Kier molecular flexibility index (Phi) is 6.08. The summed E-state index contributed by atoms with van der Waals surface area (Å²) in [5.74, 6) is 0.0193. The molecule has 1 aliphatic carbocycles. The number of nitrogens with one attached hydrogen (secondary N) is 2. The van der Waals surface area contributed by atoms with Gasteiger partial charge in [-0.15, -0.1) is 5.10 Å². The highest BCUT2D eigenvalue weighted by Crippen LogP contribution is 2.43. The van der Waals surface area contributed by atoms with Crippen LogP contribution in [-0.4, -0.2) is 66.9 Å². The number of imidazole rings is 1. The van der Waals surface area contributed by atoms with Gasteiger partial charge in [0, 0.05) is 31.9 Å². The zero-order valence-corrected chi connectivity index (χ0v) is 23.6. The molecule has 2 N–H and O–H groups in total. The Morgan fingerprint density at radius 2 is 2.00 bits per heavy atom. The predicted octanol–water partition coefficient (Wildman–Crippen LogP) is 3.65. The lowest BCUT2D eigenvalue weighted by atomic mass is 9.99. The third-order valence-electron chi connectivity index (χ3n) is 8.29. The van der Waals surface area contributed by atoms with Gasteiger partial charge >= 0.3 is 11.8 Å². The Morgan fingerprint density at radius 1 is 1.21 bits per heavy atom. The number of aromatic nitrogens is 6. The van der Waals surface area contributed by atoms with Gasteiger partial charge in [-0.3, -0.25) is 13.8 Å². The van der Waals surface area contributed by atoms with Crippen LogP contribution in [0.3, 0.4) is 0 Å². The van der Waals surface area contributed by atoms with Crippen molar-refractivity contribution < 1.29 is 23.4 Å². The maximum Gasteiger partial charge on any atom is 0.407 e. The number of methoxy groups -OCH3 is 1. The first-order valence-corrected chi connectivity index (χ1v) is 13.8. The molecule has 0 radical (unpaired) electrons. The second kappa shape index (κ2) is 9.72. The second-order valence-corrected chi connectivity index (χ2v) is 11.0. The van der Waals surface area contributed by atoms with Crippen LogP contribution in [0.1, 0.15) is 25.8 Å². The third kappa shape index (κ3) is 4.06. The number of amides is 1. The number of nitrogens with zero attached hydrogens (tertiary/aromatic N) is 5. The van der Waals surface area contributed by atoms with Crippen LogP contribution in [0.5, 0.6) is 5.75 Å². The number of carbonyl (C=O) groups excluding carboxylic acids is 1. The van der Waals surface area contributed by atoms with Crippen LogP contribution in [0, 0.1) is 5.95 Å². The molecule has 1 fully saturated rings. The van der Waals surface area contributed by atoms with E-state index < -0.39 is 24.2 Å². The maximum atomic E-state index is 15.1. The summed E-state index contributed by atoms with van der Waals surface area (Å²) in [6.45, 7) is 2.19. The molecule has 5 aromatic rings. The number of alkyl carbamates (subject to hydrolysis) is 1. The van der Waals surface area contributed by atoms with E-state index in [0.29, 0.717) is 51.9 Å². The van der Waals surface area contributed by atoms with Gasteiger partial charge in [0.05, 0.1) is 59.2 Å². The summed E-state index contributed by atoms with van der Waals surface area (Å²) < 4.78 is 37.2. The Bertz CT molecular complexity index is 1900. The van der Waals surface area contributed by atoms with Crippen LogP contribution in [0.4, 0.5) is 9.18 Å². The first-order chi connectivity index (χ1) is 20.2. The lowest BCUT2D eigenvalue weighted by Gasteiger charge is -2.24. The van der Waals surface area contributed by atoms with Crippen molar-refractivity contribution in [3.63, 3.8) is 0 Å². The fourth-order valence-electron chi connectivity index (χ4n) is 6.40. The van der Waals surface area contributed by atoms with Crippen LogP contribution in [-0.2, 0) is 23.6 Å². The summed E-state index contributed by atoms with van der Waals surface area (Å²) in [6, 6.07) is 6.80. The van der Waals surface area contributed by atoms with E-state index in [1.165, 1.54) is 11.8 Å². The van der Waals surface area contributed by atoms with Crippen LogP contribution < -0.4 is 15.7 Å². The van der Waals surface area contributed by atoms with Gasteiger partial charge in [-0.2, -0.15) is 4.39 Å². The van der Waals surface area contributed by atoms with Crippen LogP contribution in [0.15, 0.2) is 41.5 Å². The molecule has 4 aromatic heterocycles. The highest BCUT2D eigenvalue weighted by Gasteiger charge is 2.40. The number of rotatable bonds is 2. The lowest BCUT2D eigenvalue weighted by molar-refractivity contribution is -0.0322. The molecule has 1 saturated carbocycles. The Morgan fingerprint density at radius 3 is 2.71 bits per heavy atom. The van der Waals surface area contributed by atoms with Gasteiger partial charge in [-0.25, -0.2) is 14.6 Å². The van der Waals surface area contributed by atoms with E-state index >= 15 is 4.39 Å². The largest absolute Gasteiger partial charge is 0.491 e. The van der Waals surface area contributed by atoms with Crippen LogP contribution in [0.25, 0.3) is 44.5 Å². The molecule has 12 nitrogen and oxygen atoms in total. The minimum Gasteiger partial charge on any atom is -0.491 e. The normalized spacial score (nSPS) is 21.9. The van der Waals surface area contributed by atoms with Crippen molar-refractivity contribution in [2.24, 2.45) is 14.1 Å². The molecule has 4 atom stereocenters. The molecule has 3 aliphatic rings. The molecule has 4 bridgehead atoms. The Labute approximate surface area is 239 Å². The van der Waals surface area contributed by atoms with Crippen LogP contribution >= 0.6 is 0 Å². The molecular weight excluding hydrogens is 545 g/mol. The number of hydrogen-bond acceptors (Lipinski definition) is 7. The topological polar surface area (TPSA) is 130 Å². The lowest BCUT2D eigenvalue weighted by Crippen LogP contribution is -2.42. The van der Waals surface area contributed by atoms with E-state index in [1.54, 1.807) is 35.6 Å². The van der Waals surface area contributed by atoms with Gasteiger partial charge in [-0.1, -0.05) is 12.1 Å². The number of halogens is 1. The standard InChI is InChI=1S/C29H30FN7O5/c1-14-13-41-17-7-5-15(6-8-17)22-23-25-20(11-31-27(23)33-24(22)18-12-35(2)34-26(18)30)36(3)29(39)37(25)16-9-19(21(10-16)42-14)32-28(38)40-4/h5-8,11-12,14,16,19,21H,9-10,13H2,1-4H3,(H,31,33)(H,32,38)/t14-,16-,19-,21+/m0/s1. The number of ether oxygens (including phenoxy) is 3. The molecule has 6 heterocycles. The monoisotopic (exact) mass is 575 g/mol. The van der Waals surface area contributed by atoms with E-state index in [1.807, 2.05) is 31.2 Å². The van der Waals surface area contributed by atoms with Gasteiger partial charge in [-0.05, 0) is 37.5 Å². The summed E-state index contributed by atoms with van der Waals surface area (Å²) in [7, 11) is 4.68. The average Bonchev–Trinajstić information content (AvgIpc) is 3.70. The fourth-order valence-corrected chi connectivity index (χ4v) is 6.40. The number of aromatic amines is 1. The highest BCUT2D eigenvalue weighted by atomic mass is 19.1. The molecule has 0 spiro atoms. The summed E-state index contributed by atoms with van der Waals surface area (Å²) in [5, 5.41) is 7.50. The summed E-state index contributed by atoms with van der Waals surface area (Å²) >= 11 is 0. The SMILES string of the molecule is COC(=O)N[C@H]1C[C@H]2C[C@H]1O[C@@H](C)COc1ccc(cc1)-c1c(-c3cn(C)nc3F)[nH]c3ncc4c(c13)n2c(=O)n4C. The predicted molar refractivity (Wildman–Crippen MR) is 152 cm³/mol. The average molecular weight is 576 g/mol. The molecule has 13 heteroatoms. The van der Waals surface area contributed by atoms with Gasteiger partial charge < -0.3 is 24.5 Å². The van der Waals surface area contributed by atoms with Crippen molar-refractivity contribution in [1.82, 2.24) is 34.2 Å². The number of fused-ring (bicyclic) bond motifs is 5. The van der Waals surface area contributed by atoms with E-state index in [9.17, 15) is 9.59 Å². The van der Waals surface area contributed by atoms with Gasteiger partial charge in [0.1, 0.15) is 18.0 Å². The third-order valence-corrected chi connectivity index (χ3v) is 8.29. The van der Waals surface area contributed by atoms with Crippen molar-refractivity contribution in [3.8, 4) is 28.1 Å². The van der Waals surface area contributed by atoms with Crippen molar-refractivity contribution in [2.75, 3.05) is 13.7 Å². The number of aryl methyl sites for hydroxylation is 2. The van der Waals surface area contributed by atoms with Gasteiger partial charge in [0.2, 0.25) is 5.95 Å². The summed E-state index contributed by atoms with van der Waals surface area (Å²) in [6.07, 6.45) is 2.91. The smallest absolute Gasteiger partial charge is 0.407 e. The Balaban J connectivity index is 1.54. The van der Waals surface area contributed by atoms with Crippen molar-refractivity contribution >= 4 is 28.2 Å². The molecule has 1 aromatic carbocycles. The number of carbonyl (C=O) groups is 1.